The quantitative estimate of drug-likeness (QED) is 0.207. The van der Waals surface area contributed by atoms with Gasteiger partial charge in [-0.3, -0.25) is 14.5 Å². The van der Waals surface area contributed by atoms with Crippen molar-refractivity contribution in [1.29, 1.82) is 0 Å². The number of hydrogen-bond acceptors (Lipinski definition) is 8. The third-order valence-electron chi connectivity index (χ3n) is 12.6. The van der Waals surface area contributed by atoms with Crippen molar-refractivity contribution in [3.63, 3.8) is 0 Å². The van der Waals surface area contributed by atoms with Gasteiger partial charge in [0.05, 0.1) is 29.5 Å². The zero-order valence-corrected chi connectivity index (χ0v) is 34.2. The number of urea groups is 1. The van der Waals surface area contributed by atoms with Gasteiger partial charge in [-0.15, -0.1) is 0 Å². The second kappa shape index (κ2) is 19.0. The molecule has 5 aliphatic heterocycles. The average Bonchev–Trinajstić information content (AvgIpc) is 3.56. The summed E-state index contributed by atoms with van der Waals surface area (Å²) in [5.41, 5.74) is 5.88. The molecular formula is C42H55ClF3N7O6. The van der Waals surface area contributed by atoms with Crippen molar-refractivity contribution in [3.8, 4) is 0 Å². The van der Waals surface area contributed by atoms with Crippen molar-refractivity contribution in [2.75, 3.05) is 76.6 Å². The number of para-hydroxylation sites is 1. The number of likely N-dealkylation sites (tertiary alicyclic amines) is 4. The SMILES string of the molecule is Nc1c(Cl)cc(C[C@@H](OC(=O)N2CCC(N3CCc4ccccc4NC3=O)CC2)C(=O)N2CCC(N3CCCC[C@H]3COCCN3CCCC3=O)CC2)cc1C(F)(F)F. The number of halogens is 4. The molecule has 5 amide bonds. The lowest BCUT2D eigenvalue weighted by Crippen LogP contribution is -2.55. The van der Waals surface area contributed by atoms with Crippen LogP contribution in [0.2, 0.25) is 5.02 Å². The highest BCUT2D eigenvalue weighted by atomic mass is 35.5. The first-order valence-electron chi connectivity index (χ1n) is 21.0. The smallest absolute Gasteiger partial charge is 0.418 e. The summed E-state index contributed by atoms with van der Waals surface area (Å²) < 4.78 is 53.9. The molecule has 59 heavy (non-hydrogen) atoms. The lowest BCUT2D eigenvalue weighted by molar-refractivity contribution is -0.143. The Morgan fingerprint density at radius 1 is 0.881 bits per heavy atom. The maximum Gasteiger partial charge on any atom is 0.418 e. The number of fused-ring (bicyclic) bond motifs is 1. The van der Waals surface area contributed by atoms with Gasteiger partial charge in [0, 0.05) is 82.5 Å². The number of ether oxygens (including phenoxy) is 2. The third kappa shape index (κ3) is 10.4. The number of alkyl halides is 3. The number of nitrogens with zero attached hydrogens (tertiary/aromatic N) is 5. The van der Waals surface area contributed by atoms with E-state index >= 15 is 0 Å². The van der Waals surface area contributed by atoms with E-state index in [1.54, 1.807) is 9.80 Å². The molecule has 0 bridgehead atoms. The summed E-state index contributed by atoms with van der Waals surface area (Å²) in [5.74, 6) is -0.300. The topological polar surface area (TPSA) is 141 Å². The summed E-state index contributed by atoms with van der Waals surface area (Å²) in [6.45, 7) is 5.23. The zero-order valence-electron chi connectivity index (χ0n) is 33.4. The summed E-state index contributed by atoms with van der Waals surface area (Å²) >= 11 is 6.17. The van der Waals surface area contributed by atoms with Crippen LogP contribution >= 0.6 is 11.6 Å². The molecule has 2 atom stereocenters. The molecule has 0 aromatic heterocycles. The van der Waals surface area contributed by atoms with Crippen LogP contribution in [0.1, 0.15) is 74.5 Å². The molecule has 322 valence electrons. The summed E-state index contributed by atoms with van der Waals surface area (Å²) in [5, 5.41) is 2.69. The van der Waals surface area contributed by atoms with Gasteiger partial charge in [-0.2, -0.15) is 13.2 Å². The number of benzene rings is 2. The Kier molecular flexibility index (Phi) is 13.8. The molecule has 0 spiro atoms. The van der Waals surface area contributed by atoms with Gasteiger partial charge in [0.25, 0.3) is 5.91 Å². The number of piperidine rings is 3. The summed E-state index contributed by atoms with van der Waals surface area (Å²) in [6, 6.07) is 9.95. The molecule has 13 nitrogen and oxygen atoms in total. The van der Waals surface area contributed by atoms with Crippen LogP contribution < -0.4 is 11.1 Å². The first-order valence-corrected chi connectivity index (χ1v) is 21.4. The number of nitrogens with two attached hydrogens (primary N) is 1. The van der Waals surface area contributed by atoms with Crippen molar-refractivity contribution in [3.05, 3.63) is 58.1 Å². The normalized spacial score (nSPS) is 21.9. The summed E-state index contributed by atoms with van der Waals surface area (Å²) in [7, 11) is 0. The molecule has 2 aromatic rings. The van der Waals surface area contributed by atoms with Crippen LogP contribution in [-0.4, -0.2) is 138 Å². The Balaban J connectivity index is 0.980. The van der Waals surface area contributed by atoms with Crippen molar-refractivity contribution in [2.45, 2.75) is 101 Å². The fourth-order valence-electron chi connectivity index (χ4n) is 9.35. The molecule has 0 radical (unpaired) electrons. The minimum absolute atomic E-state index is 0.0645. The first-order chi connectivity index (χ1) is 28.4. The Hall–Kier alpha value is -4.28. The maximum absolute atomic E-state index is 14.3. The highest BCUT2D eigenvalue weighted by Crippen LogP contribution is 2.38. The van der Waals surface area contributed by atoms with Crippen LogP contribution in [-0.2, 0) is 38.1 Å². The number of hydrogen-bond donors (Lipinski definition) is 2. The molecule has 0 saturated carbocycles. The number of rotatable bonds is 11. The summed E-state index contributed by atoms with van der Waals surface area (Å²) in [4.78, 5) is 62.4. The predicted octanol–water partition coefficient (Wildman–Crippen LogP) is 6.03. The fourth-order valence-corrected chi connectivity index (χ4v) is 9.59. The highest BCUT2D eigenvalue weighted by molar-refractivity contribution is 6.33. The minimum Gasteiger partial charge on any atom is -0.436 e. The molecular weight excluding hydrogens is 791 g/mol. The summed E-state index contributed by atoms with van der Waals surface area (Å²) in [6.07, 6.45) is 0.440. The van der Waals surface area contributed by atoms with Gasteiger partial charge in [0.1, 0.15) is 0 Å². The van der Waals surface area contributed by atoms with Gasteiger partial charge < -0.3 is 40.1 Å². The molecule has 5 heterocycles. The number of amides is 5. The van der Waals surface area contributed by atoms with Gasteiger partial charge in [0.15, 0.2) is 6.10 Å². The molecule has 5 aliphatic rings. The second-order valence-electron chi connectivity index (χ2n) is 16.4. The van der Waals surface area contributed by atoms with E-state index in [2.05, 4.69) is 10.2 Å². The Labute approximate surface area is 348 Å². The molecule has 0 aliphatic carbocycles. The van der Waals surface area contributed by atoms with E-state index in [1.807, 2.05) is 29.2 Å². The standard InChI is InChI=1S/C42H55ClF3N7O6/c43-34-25-28(24-33(38(34)47)42(44,45)46)26-36(59-41(57)51-19-13-31(14-20-51)53-21-10-29-6-1-2-8-35(29)48-40(53)56)39(55)50-17-11-30(12-18-50)52-16-4-3-7-32(52)27-58-23-22-49-15-5-9-37(49)54/h1-2,6,8,24-25,30-32,36H,3-5,7,9-23,26-27,47H2,(H,48,56)/t32-,36+/m0/s1. The van der Waals surface area contributed by atoms with E-state index in [1.165, 1.54) is 11.0 Å². The Morgan fingerprint density at radius 3 is 2.34 bits per heavy atom. The Morgan fingerprint density at radius 2 is 1.61 bits per heavy atom. The van der Waals surface area contributed by atoms with Crippen LogP contribution in [0.4, 0.5) is 34.1 Å². The minimum atomic E-state index is -4.79. The van der Waals surface area contributed by atoms with E-state index in [9.17, 15) is 32.3 Å². The monoisotopic (exact) mass is 845 g/mol. The van der Waals surface area contributed by atoms with Gasteiger partial charge in [-0.05, 0) is 87.2 Å². The lowest BCUT2D eigenvalue weighted by Gasteiger charge is -2.45. The van der Waals surface area contributed by atoms with Gasteiger partial charge in [-0.25, -0.2) is 9.59 Å². The third-order valence-corrected chi connectivity index (χ3v) is 13.0. The molecule has 4 saturated heterocycles. The number of nitrogen functional groups attached to an aromatic ring is 1. The second-order valence-corrected chi connectivity index (χ2v) is 16.8. The lowest BCUT2D eigenvalue weighted by atomic mass is 9.95. The van der Waals surface area contributed by atoms with E-state index in [0.29, 0.717) is 77.9 Å². The van der Waals surface area contributed by atoms with Crippen molar-refractivity contribution >= 4 is 46.9 Å². The maximum atomic E-state index is 14.3. The van der Waals surface area contributed by atoms with E-state index < -0.39 is 35.5 Å². The molecule has 3 N–H and O–H groups in total. The van der Waals surface area contributed by atoms with Crippen LogP contribution in [0.25, 0.3) is 0 Å². The van der Waals surface area contributed by atoms with Crippen LogP contribution in [0.5, 0.6) is 0 Å². The molecule has 0 unspecified atom stereocenters. The number of anilines is 2. The van der Waals surface area contributed by atoms with Crippen LogP contribution in [0.15, 0.2) is 36.4 Å². The molecule has 17 heteroatoms. The molecule has 7 rings (SSSR count). The zero-order chi connectivity index (χ0) is 41.7. The molecule has 2 aromatic carbocycles. The number of carbonyl (C=O) groups excluding carboxylic acids is 4. The van der Waals surface area contributed by atoms with Crippen LogP contribution in [0.3, 0.4) is 0 Å². The average molecular weight is 846 g/mol. The van der Waals surface area contributed by atoms with Crippen molar-refractivity contribution in [1.82, 2.24) is 24.5 Å². The van der Waals surface area contributed by atoms with Gasteiger partial charge >= 0.3 is 18.3 Å². The number of nitrogens with one attached hydrogen (secondary N) is 1. The van der Waals surface area contributed by atoms with Gasteiger partial charge in [0.2, 0.25) is 5.91 Å². The van der Waals surface area contributed by atoms with Gasteiger partial charge in [-0.1, -0.05) is 36.2 Å². The molecule has 4 fully saturated rings. The largest absolute Gasteiger partial charge is 0.436 e. The predicted molar refractivity (Wildman–Crippen MR) is 216 cm³/mol. The van der Waals surface area contributed by atoms with E-state index in [-0.39, 0.29) is 60.2 Å². The van der Waals surface area contributed by atoms with Crippen molar-refractivity contribution < 1.29 is 41.8 Å². The van der Waals surface area contributed by atoms with Crippen molar-refractivity contribution in [2.24, 2.45) is 0 Å². The van der Waals surface area contributed by atoms with E-state index in [0.717, 1.165) is 56.1 Å². The highest BCUT2D eigenvalue weighted by Gasteiger charge is 2.39. The Bertz CT molecular complexity index is 1840. The van der Waals surface area contributed by atoms with Crippen LogP contribution in [0, 0.1) is 0 Å². The number of carbonyl (C=O) groups is 4. The fraction of sp³-hybridized carbons (Fsp3) is 0.619. The van der Waals surface area contributed by atoms with E-state index in [4.69, 9.17) is 26.8 Å². The first kappa shape index (κ1) is 42.8.